The van der Waals surface area contributed by atoms with Gasteiger partial charge in [0.05, 0.1) is 12.7 Å². The first-order valence-corrected chi connectivity index (χ1v) is 9.13. The lowest BCUT2D eigenvalue weighted by Gasteiger charge is -2.19. The number of rotatable bonds is 6. The summed E-state index contributed by atoms with van der Waals surface area (Å²) in [6, 6.07) is 7.94. The van der Waals surface area contributed by atoms with Crippen molar-refractivity contribution in [3.63, 3.8) is 0 Å². The first kappa shape index (κ1) is 19.6. The molecule has 8 heteroatoms. The van der Waals surface area contributed by atoms with Crippen LogP contribution in [0.25, 0.3) is 11.0 Å². The molecule has 0 fully saturated rings. The Hall–Kier alpha value is -3.16. The monoisotopic (exact) mass is 383 g/mol. The Bertz CT molecular complexity index is 1030. The molecule has 0 saturated carbocycles. The number of nitrogens with zero attached hydrogens (tertiary/aromatic N) is 4. The van der Waals surface area contributed by atoms with Crippen LogP contribution in [0.3, 0.4) is 0 Å². The highest BCUT2D eigenvalue weighted by Crippen LogP contribution is 2.24. The van der Waals surface area contributed by atoms with Crippen LogP contribution in [-0.2, 0) is 23.8 Å². The van der Waals surface area contributed by atoms with Gasteiger partial charge in [-0.1, -0.05) is 32.9 Å². The summed E-state index contributed by atoms with van der Waals surface area (Å²) in [5, 5.41) is 7.14. The van der Waals surface area contributed by atoms with Gasteiger partial charge in [0.2, 0.25) is 5.91 Å². The van der Waals surface area contributed by atoms with E-state index in [1.54, 1.807) is 7.05 Å². The maximum atomic E-state index is 12.4. The largest absolute Gasteiger partial charge is 0.492 e. The number of hydrogen-bond acceptors (Lipinski definition) is 5. The number of nitrogens with one attached hydrogen (secondary N) is 1. The Morgan fingerprint density at radius 2 is 1.93 bits per heavy atom. The Labute approximate surface area is 163 Å². The van der Waals surface area contributed by atoms with Crippen molar-refractivity contribution in [2.45, 2.75) is 32.7 Å². The molecule has 8 nitrogen and oxygen atoms in total. The number of aryl methyl sites for hydroxylation is 1. The van der Waals surface area contributed by atoms with Crippen LogP contribution in [0, 0.1) is 0 Å². The van der Waals surface area contributed by atoms with Crippen molar-refractivity contribution in [1.29, 1.82) is 0 Å². The number of ether oxygens (including phenoxy) is 1. The van der Waals surface area contributed by atoms with Gasteiger partial charge in [-0.2, -0.15) is 5.10 Å². The van der Waals surface area contributed by atoms with Crippen LogP contribution in [0.5, 0.6) is 5.75 Å². The predicted molar refractivity (Wildman–Crippen MR) is 106 cm³/mol. The summed E-state index contributed by atoms with van der Waals surface area (Å²) < 4.78 is 8.44. The van der Waals surface area contributed by atoms with Crippen molar-refractivity contribution >= 4 is 16.9 Å². The molecule has 0 aliphatic heterocycles. The van der Waals surface area contributed by atoms with Gasteiger partial charge in [-0.3, -0.25) is 18.8 Å². The Morgan fingerprint density at radius 1 is 1.21 bits per heavy atom. The summed E-state index contributed by atoms with van der Waals surface area (Å²) in [6.07, 6.45) is 2.82. The number of hydrogen-bond donors (Lipinski definition) is 1. The van der Waals surface area contributed by atoms with Gasteiger partial charge in [0.1, 0.15) is 30.6 Å². The van der Waals surface area contributed by atoms with E-state index in [4.69, 9.17) is 4.74 Å². The van der Waals surface area contributed by atoms with Crippen LogP contribution in [0.4, 0.5) is 0 Å². The highest BCUT2D eigenvalue weighted by atomic mass is 16.5. The quantitative estimate of drug-likeness (QED) is 0.653. The molecule has 0 atom stereocenters. The van der Waals surface area contributed by atoms with Crippen molar-refractivity contribution < 1.29 is 9.53 Å². The molecule has 0 aliphatic rings. The Balaban J connectivity index is 1.49. The lowest BCUT2D eigenvalue weighted by Crippen LogP contribution is -2.34. The molecule has 148 valence electrons. The molecule has 0 aliphatic carbocycles. The molecule has 0 unspecified atom stereocenters. The average Bonchev–Trinajstić information content (AvgIpc) is 3.02. The molecular weight excluding hydrogens is 358 g/mol. The molecule has 1 amide bonds. The van der Waals surface area contributed by atoms with Crippen molar-refractivity contribution in [2.75, 3.05) is 13.2 Å². The second-order valence-corrected chi connectivity index (χ2v) is 7.66. The van der Waals surface area contributed by atoms with Crippen LogP contribution in [0.2, 0.25) is 0 Å². The van der Waals surface area contributed by atoms with Crippen molar-refractivity contribution in [1.82, 2.24) is 24.6 Å². The van der Waals surface area contributed by atoms with E-state index in [2.05, 4.69) is 36.2 Å². The van der Waals surface area contributed by atoms with E-state index >= 15 is 0 Å². The third kappa shape index (κ3) is 4.39. The minimum Gasteiger partial charge on any atom is -0.492 e. The summed E-state index contributed by atoms with van der Waals surface area (Å²) in [5.41, 5.74) is 1.53. The fraction of sp³-hybridized carbons (Fsp3) is 0.400. The average molecular weight is 383 g/mol. The lowest BCUT2D eigenvalue weighted by atomic mass is 9.87. The summed E-state index contributed by atoms with van der Waals surface area (Å²) in [6.45, 7) is 7.06. The van der Waals surface area contributed by atoms with E-state index in [0.717, 1.165) is 5.75 Å². The maximum Gasteiger partial charge on any atom is 0.264 e. The third-order valence-electron chi connectivity index (χ3n) is 4.45. The first-order valence-electron chi connectivity index (χ1n) is 9.13. The summed E-state index contributed by atoms with van der Waals surface area (Å²) in [7, 11) is 1.71. The number of benzene rings is 1. The van der Waals surface area contributed by atoms with Gasteiger partial charge in [0, 0.05) is 7.05 Å². The molecule has 2 aromatic heterocycles. The molecular formula is C20H25N5O3. The molecule has 0 spiro atoms. The zero-order valence-corrected chi connectivity index (χ0v) is 16.6. The zero-order valence-electron chi connectivity index (χ0n) is 16.6. The van der Waals surface area contributed by atoms with E-state index in [1.807, 2.05) is 24.3 Å². The van der Waals surface area contributed by atoms with Gasteiger partial charge in [0.15, 0.2) is 5.65 Å². The smallest absolute Gasteiger partial charge is 0.264 e. The minimum absolute atomic E-state index is 0.0955. The molecule has 2 heterocycles. The Morgan fingerprint density at radius 3 is 2.61 bits per heavy atom. The summed E-state index contributed by atoms with van der Waals surface area (Å²) in [5.74, 6) is 0.475. The number of amides is 1. The van der Waals surface area contributed by atoms with Gasteiger partial charge in [0.25, 0.3) is 5.56 Å². The van der Waals surface area contributed by atoms with Gasteiger partial charge in [-0.15, -0.1) is 0 Å². The van der Waals surface area contributed by atoms with Gasteiger partial charge in [-0.05, 0) is 23.1 Å². The predicted octanol–water partition coefficient (Wildman–Crippen LogP) is 1.62. The standard InChI is InChI=1S/C20H25N5O3/c1-20(2,3)14-5-7-15(8-6-14)28-10-9-21-17(26)12-25-13-22-18-16(19(25)27)11-23-24(18)4/h5-8,11,13H,9-10,12H2,1-4H3,(H,21,26). The highest BCUT2D eigenvalue weighted by molar-refractivity contribution is 5.77. The summed E-state index contributed by atoms with van der Waals surface area (Å²) in [4.78, 5) is 28.6. The molecule has 3 rings (SSSR count). The van der Waals surface area contributed by atoms with Crippen LogP contribution < -0.4 is 15.6 Å². The molecule has 0 bridgehead atoms. The van der Waals surface area contributed by atoms with E-state index in [0.29, 0.717) is 24.2 Å². The van der Waals surface area contributed by atoms with Crippen LogP contribution in [0.15, 0.2) is 41.6 Å². The maximum absolute atomic E-state index is 12.4. The van der Waals surface area contributed by atoms with Gasteiger partial charge in [-0.25, -0.2) is 4.98 Å². The molecule has 0 saturated heterocycles. The van der Waals surface area contributed by atoms with E-state index < -0.39 is 0 Å². The fourth-order valence-electron chi connectivity index (χ4n) is 2.80. The van der Waals surface area contributed by atoms with E-state index in [-0.39, 0.29) is 23.4 Å². The zero-order chi connectivity index (χ0) is 20.3. The Kier molecular flexibility index (Phi) is 5.48. The normalized spacial score (nSPS) is 11.6. The SMILES string of the molecule is Cn1ncc2c(=O)n(CC(=O)NCCOc3ccc(C(C)(C)C)cc3)cnc21. The highest BCUT2D eigenvalue weighted by Gasteiger charge is 2.13. The molecule has 1 aromatic carbocycles. The minimum atomic E-state index is -0.288. The van der Waals surface area contributed by atoms with Crippen LogP contribution >= 0.6 is 0 Å². The van der Waals surface area contributed by atoms with Gasteiger partial charge < -0.3 is 10.1 Å². The topological polar surface area (TPSA) is 91.0 Å². The molecule has 1 N–H and O–H groups in total. The van der Waals surface area contributed by atoms with Crippen molar-refractivity contribution in [3.05, 3.63) is 52.7 Å². The second kappa shape index (κ2) is 7.84. The van der Waals surface area contributed by atoms with Crippen LogP contribution in [0.1, 0.15) is 26.3 Å². The van der Waals surface area contributed by atoms with Crippen molar-refractivity contribution in [3.8, 4) is 5.75 Å². The number of aromatic nitrogens is 4. The fourth-order valence-corrected chi connectivity index (χ4v) is 2.80. The summed E-state index contributed by atoms with van der Waals surface area (Å²) >= 11 is 0. The first-order chi connectivity index (χ1) is 13.3. The molecule has 0 radical (unpaired) electrons. The van der Waals surface area contributed by atoms with Gasteiger partial charge >= 0.3 is 0 Å². The van der Waals surface area contributed by atoms with E-state index in [9.17, 15) is 9.59 Å². The third-order valence-corrected chi connectivity index (χ3v) is 4.45. The molecule has 3 aromatic rings. The van der Waals surface area contributed by atoms with Crippen molar-refractivity contribution in [2.24, 2.45) is 7.05 Å². The van der Waals surface area contributed by atoms with E-state index in [1.165, 1.54) is 27.3 Å². The lowest BCUT2D eigenvalue weighted by molar-refractivity contribution is -0.121. The molecule has 28 heavy (non-hydrogen) atoms. The number of fused-ring (bicyclic) bond motifs is 1. The van der Waals surface area contributed by atoms with Crippen LogP contribution in [-0.4, -0.2) is 38.4 Å². The number of carbonyl (C=O) groups is 1. The number of carbonyl (C=O) groups excluding carboxylic acids is 1. The second-order valence-electron chi connectivity index (χ2n) is 7.66.